The highest BCUT2D eigenvalue weighted by molar-refractivity contribution is 7.98. The number of rotatable bonds is 16. The second kappa shape index (κ2) is 15.8. The van der Waals surface area contributed by atoms with Crippen molar-refractivity contribution in [1.82, 2.24) is 20.9 Å². The van der Waals surface area contributed by atoms with E-state index >= 15 is 0 Å². The molecular weight excluding hydrogens is 526 g/mol. The third-order valence-electron chi connectivity index (χ3n) is 5.81. The molecule has 1 saturated heterocycles. The lowest BCUT2D eigenvalue weighted by atomic mass is 10.1. The Bertz CT molecular complexity index is 917. The Morgan fingerprint density at radius 1 is 0.921 bits per heavy atom. The maximum Gasteiger partial charge on any atom is 0.326 e. The lowest BCUT2D eigenvalue weighted by Crippen LogP contribution is -2.58. The molecule has 4 amide bonds. The van der Waals surface area contributed by atoms with E-state index in [1.54, 1.807) is 6.26 Å². The third kappa shape index (κ3) is 10.5. The highest BCUT2D eigenvalue weighted by Gasteiger charge is 2.37. The topological polar surface area (TPSA) is 246 Å². The summed E-state index contributed by atoms with van der Waals surface area (Å²) in [6.45, 7) is 1.62. The number of nitrogens with one attached hydrogen (secondary N) is 3. The largest absolute Gasteiger partial charge is 0.481 e. The molecule has 0 bridgehead atoms. The average Bonchev–Trinajstić information content (AvgIpc) is 3.33. The van der Waals surface area contributed by atoms with Crippen LogP contribution in [0.3, 0.4) is 0 Å². The maximum absolute atomic E-state index is 13.0. The zero-order chi connectivity index (χ0) is 29.0. The van der Waals surface area contributed by atoms with Gasteiger partial charge in [-0.05, 0) is 44.6 Å². The Labute approximate surface area is 223 Å². The summed E-state index contributed by atoms with van der Waals surface area (Å²) in [7, 11) is 0. The van der Waals surface area contributed by atoms with Crippen LogP contribution in [0.2, 0.25) is 0 Å². The minimum atomic E-state index is -1.61. The van der Waals surface area contributed by atoms with Gasteiger partial charge in [-0.15, -0.1) is 0 Å². The monoisotopic (exact) mass is 561 g/mol. The van der Waals surface area contributed by atoms with Crippen LogP contribution in [-0.4, -0.2) is 111 Å². The summed E-state index contributed by atoms with van der Waals surface area (Å²) >= 11 is 1.36. The Morgan fingerprint density at radius 3 is 2.08 bits per heavy atom. The first kappa shape index (κ1) is 32.6. The van der Waals surface area contributed by atoms with E-state index in [2.05, 4.69) is 16.0 Å². The van der Waals surface area contributed by atoms with Gasteiger partial charge in [0.15, 0.2) is 0 Å². The fraction of sp³-hybridized carbons (Fsp3) is 0.682. The van der Waals surface area contributed by atoms with Crippen molar-refractivity contribution in [3.8, 4) is 0 Å². The summed E-state index contributed by atoms with van der Waals surface area (Å²) in [5.74, 6) is -6.62. The zero-order valence-corrected chi connectivity index (χ0v) is 22.0. The summed E-state index contributed by atoms with van der Waals surface area (Å²) in [4.78, 5) is 85.4. The molecule has 8 N–H and O–H groups in total. The Hall–Kier alpha value is -3.40. The fourth-order valence-electron chi connectivity index (χ4n) is 3.76. The van der Waals surface area contributed by atoms with E-state index in [4.69, 9.17) is 10.8 Å². The van der Waals surface area contributed by atoms with Crippen molar-refractivity contribution in [2.45, 2.75) is 75.7 Å². The predicted octanol–water partition coefficient (Wildman–Crippen LogP) is -2.04. The molecule has 5 atom stereocenters. The normalized spacial score (nSPS) is 18.0. The first-order chi connectivity index (χ1) is 17.8. The number of nitrogens with two attached hydrogens (primary N) is 1. The minimum Gasteiger partial charge on any atom is -0.481 e. The van der Waals surface area contributed by atoms with E-state index < -0.39 is 84.6 Å². The number of thioether (sulfide) groups is 1. The van der Waals surface area contributed by atoms with Gasteiger partial charge in [0.05, 0.1) is 12.5 Å². The molecule has 1 fully saturated rings. The number of aliphatic carboxylic acids is 3. The summed E-state index contributed by atoms with van der Waals surface area (Å²) in [6, 6.07) is -6.21. The molecule has 0 spiro atoms. The van der Waals surface area contributed by atoms with Gasteiger partial charge in [-0.3, -0.25) is 28.8 Å². The molecule has 1 aliphatic rings. The zero-order valence-electron chi connectivity index (χ0n) is 21.2. The number of amides is 4. The van der Waals surface area contributed by atoms with Crippen LogP contribution in [0.1, 0.15) is 45.4 Å². The molecule has 0 aromatic heterocycles. The Kier molecular flexibility index (Phi) is 13.5. The Balaban J connectivity index is 2.92. The van der Waals surface area contributed by atoms with Gasteiger partial charge in [-0.25, -0.2) is 4.79 Å². The van der Waals surface area contributed by atoms with Gasteiger partial charge in [0.25, 0.3) is 0 Å². The van der Waals surface area contributed by atoms with Gasteiger partial charge in [0.1, 0.15) is 24.2 Å². The molecule has 0 aliphatic carbocycles. The number of likely N-dealkylation sites (tertiary alicyclic amines) is 1. The van der Waals surface area contributed by atoms with Crippen molar-refractivity contribution in [1.29, 1.82) is 0 Å². The van der Waals surface area contributed by atoms with Crippen molar-refractivity contribution in [3.63, 3.8) is 0 Å². The van der Waals surface area contributed by atoms with Crippen LogP contribution in [0, 0.1) is 0 Å². The molecule has 1 rings (SSSR count). The summed E-state index contributed by atoms with van der Waals surface area (Å²) in [5.41, 5.74) is 5.63. The van der Waals surface area contributed by atoms with Gasteiger partial charge in [-0.1, -0.05) is 0 Å². The van der Waals surface area contributed by atoms with E-state index in [9.17, 15) is 43.8 Å². The van der Waals surface area contributed by atoms with Crippen molar-refractivity contribution < 1.29 is 48.9 Å². The van der Waals surface area contributed by atoms with Crippen LogP contribution >= 0.6 is 11.8 Å². The van der Waals surface area contributed by atoms with E-state index in [1.807, 2.05) is 0 Å². The molecule has 0 aromatic rings. The van der Waals surface area contributed by atoms with Gasteiger partial charge in [0, 0.05) is 13.0 Å². The van der Waals surface area contributed by atoms with E-state index in [-0.39, 0.29) is 19.4 Å². The van der Waals surface area contributed by atoms with Gasteiger partial charge >= 0.3 is 17.9 Å². The lowest BCUT2D eigenvalue weighted by molar-refractivity contribution is -0.149. The number of hydrogen-bond acceptors (Lipinski definition) is 9. The smallest absolute Gasteiger partial charge is 0.326 e. The number of nitrogens with zero attached hydrogens (tertiary/aromatic N) is 1. The molecule has 0 aromatic carbocycles. The second-order valence-corrected chi connectivity index (χ2v) is 9.78. The molecule has 1 aliphatic heterocycles. The number of hydrogen-bond donors (Lipinski definition) is 7. The van der Waals surface area contributed by atoms with Crippen LogP contribution in [0.15, 0.2) is 0 Å². The van der Waals surface area contributed by atoms with Crippen LogP contribution in [0.25, 0.3) is 0 Å². The van der Waals surface area contributed by atoms with Crippen LogP contribution in [0.5, 0.6) is 0 Å². The van der Waals surface area contributed by atoms with Gasteiger partial charge in [-0.2, -0.15) is 11.8 Å². The average molecular weight is 562 g/mol. The van der Waals surface area contributed by atoms with E-state index in [0.717, 1.165) is 0 Å². The number of carbonyl (C=O) groups is 7. The van der Waals surface area contributed by atoms with Crippen molar-refractivity contribution in [3.05, 3.63) is 0 Å². The summed E-state index contributed by atoms with van der Waals surface area (Å²) < 4.78 is 0. The molecule has 0 unspecified atom stereocenters. The lowest BCUT2D eigenvalue weighted by Gasteiger charge is -2.27. The van der Waals surface area contributed by atoms with E-state index in [0.29, 0.717) is 18.6 Å². The highest BCUT2D eigenvalue weighted by Crippen LogP contribution is 2.18. The first-order valence-electron chi connectivity index (χ1n) is 11.9. The molecule has 214 valence electrons. The second-order valence-electron chi connectivity index (χ2n) is 8.80. The standard InChI is InChI=1S/C22H35N5O10S/c1-11(21(35)27-8-3-4-15(27)22(36)37)24-19(33)13(7-9-38-2)25-20(34)14(10-17(30)31)26-18(32)12(23)5-6-16(28)29/h11-15H,3-10,23H2,1-2H3,(H,24,33)(H,25,34)(H,26,32)(H,28,29)(H,30,31)(H,36,37)/t11-,12-,13-,14-,15-/m0/s1. The molecule has 16 heteroatoms. The quantitative estimate of drug-likeness (QED) is 0.108. The predicted molar refractivity (Wildman–Crippen MR) is 134 cm³/mol. The van der Waals surface area contributed by atoms with Crippen molar-refractivity contribution in [2.24, 2.45) is 5.73 Å². The summed E-state index contributed by atoms with van der Waals surface area (Å²) in [6.07, 6.45) is 1.18. The molecule has 0 radical (unpaired) electrons. The van der Waals surface area contributed by atoms with Gasteiger partial charge < -0.3 is 41.9 Å². The molecule has 1 heterocycles. The molecule has 38 heavy (non-hydrogen) atoms. The molecular formula is C22H35N5O10S. The Morgan fingerprint density at radius 2 is 1.53 bits per heavy atom. The molecule has 15 nitrogen and oxygen atoms in total. The first-order valence-corrected chi connectivity index (χ1v) is 13.3. The van der Waals surface area contributed by atoms with Gasteiger partial charge in [0.2, 0.25) is 23.6 Å². The summed E-state index contributed by atoms with van der Waals surface area (Å²) in [5, 5.41) is 34.3. The number of carboxylic acids is 3. The van der Waals surface area contributed by atoms with Crippen LogP contribution in [0.4, 0.5) is 0 Å². The fourth-order valence-corrected chi connectivity index (χ4v) is 4.23. The molecule has 0 saturated carbocycles. The maximum atomic E-state index is 13.0. The minimum absolute atomic E-state index is 0.104. The van der Waals surface area contributed by atoms with Crippen LogP contribution in [-0.2, 0) is 33.6 Å². The highest BCUT2D eigenvalue weighted by atomic mass is 32.2. The number of carboxylic acid groups (broad SMARTS) is 3. The third-order valence-corrected chi connectivity index (χ3v) is 6.46. The van der Waals surface area contributed by atoms with Crippen LogP contribution < -0.4 is 21.7 Å². The van der Waals surface area contributed by atoms with Crippen molar-refractivity contribution in [2.75, 3.05) is 18.6 Å². The van der Waals surface area contributed by atoms with E-state index in [1.165, 1.54) is 23.6 Å². The van der Waals surface area contributed by atoms with Crippen molar-refractivity contribution >= 4 is 53.3 Å². The SMILES string of the molecule is CSCC[C@H](NC(=O)[C@H](CC(=O)O)NC(=O)[C@@H](N)CCC(=O)O)C(=O)N[C@@H](C)C(=O)N1CCC[C@H]1C(=O)O. The number of carbonyl (C=O) groups excluding carboxylic acids is 4.